The fraction of sp³-hybridized carbons (Fsp3) is 0.278. The zero-order valence-corrected chi connectivity index (χ0v) is 15.4. The van der Waals surface area contributed by atoms with E-state index in [1.807, 2.05) is 43.5 Å². The lowest BCUT2D eigenvalue weighted by Gasteiger charge is -2.17. The minimum absolute atomic E-state index is 0.195. The van der Waals surface area contributed by atoms with Crippen molar-refractivity contribution in [3.05, 3.63) is 64.0 Å². The van der Waals surface area contributed by atoms with Gasteiger partial charge in [-0.05, 0) is 43.5 Å². The topological polar surface area (TPSA) is 89.2 Å². The van der Waals surface area contributed by atoms with Crippen molar-refractivity contribution in [2.75, 3.05) is 6.54 Å². The van der Waals surface area contributed by atoms with Gasteiger partial charge in [0, 0.05) is 17.1 Å². The molecule has 0 bridgehead atoms. The van der Waals surface area contributed by atoms with E-state index in [0.717, 1.165) is 16.3 Å². The number of aryl methyl sites for hydroxylation is 2. The van der Waals surface area contributed by atoms with E-state index in [1.54, 1.807) is 17.0 Å². The number of nitrogens with zero attached hydrogens (tertiary/aromatic N) is 2. The highest BCUT2D eigenvalue weighted by atomic mass is 32.1. The Morgan fingerprint density at radius 2 is 2.04 bits per heavy atom. The van der Waals surface area contributed by atoms with Gasteiger partial charge in [0.15, 0.2) is 0 Å². The molecule has 2 amide bonds. The Morgan fingerprint density at radius 3 is 2.65 bits per heavy atom. The SMILES string of the molecule is Cc1cc(C)n(C(CNC(=O)C(=O)NCc2cccs2)c2ccco2)n1. The fourth-order valence-electron chi connectivity index (χ4n) is 2.68. The maximum atomic E-state index is 12.1. The second kappa shape index (κ2) is 8.01. The first-order valence-corrected chi connectivity index (χ1v) is 9.07. The Balaban J connectivity index is 1.63. The number of hydrogen-bond donors (Lipinski definition) is 2. The van der Waals surface area contributed by atoms with Gasteiger partial charge < -0.3 is 15.1 Å². The number of furan rings is 1. The van der Waals surface area contributed by atoms with Crippen molar-refractivity contribution in [2.45, 2.75) is 26.4 Å². The molecular formula is C18H20N4O3S. The molecule has 0 aliphatic carbocycles. The van der Waals surface area contributed by atoms with Gasteiger partial charge in [-0.25, -0.2) is 0 Å². The van der Waals surface area contributed by atoms with Crippen molar-refractivity contribution in [3.8, 4) is 0 Å². The van der Waals surface area contributed by atoms with E-state index in [0.29, 0.717) is 12.3 Å². The van der Waals surface area contributed by atoms with E-state index in [4.69, 9.17) is 4.42 Å². The second-order valence-electron chi connectivity index (χ2n) is 5.87. The lowest BCUT2D eigenvalue weighted by atomic mass is 10.2. The highest BCUT2D eigenvalue weighted by Crippen LogP contribution is 2.20. The second-order valence-corrected chi connectivity index (χ2v) is 6.91. The van der Waals surface area contributed by atoms with Crippen molar-refractivity contribution in [2.24, 2.45) is 0 Å². The summed E-state index contributed by atoms with van der Waals surface area (Å²) >= 11 is 1.52. The average Bonchev–Trinajstić information content (AvgIpc) is 3.36. The smallest absolute Gasteiger partial charge is 0.309 e. The van der Waals surface area contributed by atoms with E-state index >= 15 is 0 Å². The van der Waals surface area contributed by atoms with Crippen molar-refractivity contribution < 1.29 is 14.0 Å². The Kier molecular flexibility index (Phi) is 5.52. The number of nitrogens with one attached hydrogen (secondary N) is 2. The first kappa shape index (κ1) is 17.9. The molecule has 0 saturated carbocycles. The number of aromatic nitrogens is 2. The van der Waals surface area contributed by atoms with E-state index in [9.17, 15) is 9.59 Å². The van der Waals surface area contributed by atoms with Crippen LogP contribution in [-0.2, 0) is 16.1 Å². The standard InChI is InChI=1S/C18H20N4O3S/c1-12-9-13(2)22(21-12)15(16-6-3-7-25-16)11-20-18(24)17(23)19-10-14-5-4-8-26-14/h3-9,15H,10-11H2,1-2H3,(H,19,23)(H,20,24). The molecule has 0 aliphatic rings. The first-order chi connectivity index (χ1) is 12.5. The molecule has 0 spiro atoms. The number of carbonyl (C=O) groups is 2. The minimum atomic E-state index is -0.681. The number of thiophene rings is 1. The van der Waals surface area contributed by atoms with Crippen LogP contribution >= 0.6 is 11.3 Å². The molecule has 3 heterocycles. The van der Waals surface area contributed by atoms with Crippen molar-refractivity contribution >= 4 is 23.2 Å². The molecule has 3 aromatic heterocycles. The Labute approximate surface area is 155 Å². The Morgan fingerprint density at radius 1 is 1.23 bits per heavy atom. The maximum Gasteiger partial charge on any atom is 0.309 e. The Hall–Kier alpha value is -2.87. The van der Waals surface area contributed by atoms with Gasteiger partial charge in [-0.1, -0.05) is 6.07 Å². The molecule has 7 nitrogen and oxygen atoms in total. The minimum Gasteiger partial charge on any atom is -0.467 e. The third-order valence-electron chi connectivity index (χ3n) is 3.88. The lowest BCUT2D eigenvalue weighted by Crippen LogP contribution is -2.42. The summed E-state index contributed by atoms with van der Waals surface area (Å²) in [6.07, 6.45) is 1.57. The van der Waals surface area contributed by atoms with Crippen LogP contribution in [0.25, 0.3) is 0 Å². The monoisotopic (exact) mass is 372 g/mol. The third-order valence-corrected chi connectivity index (χ3v) is 4.75. The molecule has 2 N–H and O–H groups in total. The highest BCUT2D eigenvalue weighted by Gasteiger charge is 2.22. The number of amides is 2. The van der Waals surface area contributed by atoms with Crippen molar-refractivity contribution in [1.82, 2.24) is 20.4 Å². The molecule has 0 radical (unpaired) electrons. The first-order valence-electron chi connectivity index (χ1n) is 8.19. The van der Waals surface area contributed by atoms with Crippen LogP contribution in [0.2, 0.25) is 0 Å². The van der Waals surface area contributed by atoms with Gasteiger partial charge in [0.1, 0.15) is 11.8 Å². The molecule has 0 aromatic carbocycles. The van der Waals surface area contributed by atoms with Gasteiger partial charge in [0.05, 0.1) is 18.5 Å². The van der Waals surface area contributed by atoms with Gasteiger partial charge in [-0.15, -0.1) is 11.3 Å². The van der Waals surface area contributed by atoms with Crippen molar-refractivity contribution in [1.29, 1.82) is 0 Å². The van der Waals surface area contributed by atoms with Gasteiger partial charge in [0.25, 0.3) is 0 Å². The molecule has 3 rings (SSSR count). The molecular weight excluding hydrogens is 352 g/mol. The summed E-state index contributed by atoms with van der Waals surface area (Å²) in [6, 6.07) is 9.03. The summed E-state index contributed by atoms with van der Waals surface area (Å²) in [7, 11) is 0. The molecule has 0 fully saturated rings. The molecule has 1 unspecified atom stereocenters. The van der Waals surface area contributed by atoms with Gasteiger partial charge in [-0.3, -0.25) is 14.3 Å². The molecule has 0 aliphatic heterocycles. The van der Waals surface area contributed by atoms with Crippen LogP contribution in [0, 0.1) is 13.8 Å². The predicted molar refractivity (Wildman–Crippen MR) is 97.7 cm³/mol. The number of rotatable bonds is 6. The lowest BCUT2D eigenvalue weighted by molar-refractivity contribution is -0.139. The molecule has 26 heavy (non-hydrogen) atoms. The van der Waals surface area contributed by atoms with E-state index in [-0.39, 0.29) is 12.6 Å². The zero-order chi connectivity index (χ0) is 18.5. The molecule has 1 atom stereocenters. The van der Waals surface area contributed by atoms with Gasteiger partial charge in [0.2, 0.25) is 0 Å². The summed E-state index contributed by atoms with van der Waals surface area (Å²) in [4.78, 5) is 25.1. The van der Waals surface area contributed by atoms with E-state index in [1.165, 1.54) is 11.3 Å². The van der Waals surface area contributed by atoms with Crippen LogP contribution in [0.1, 0.15) is 28.1 Å². The number of carbonyl (C=O) groups excluding carboxylic acids is 2. The number of hydrogen-bond acceptors (Lipinski definition) is 5. The van der Waals surface area contributed by atoms with Gasteiger partial charge >= 0.3 is 11.8 Å². The largest absolute Gasteiger partial charge is 0.467 e. The van der Waals surface area contributed by atoms with E-state index < -0.39 is 11.8 Å². The summed E-state index contributed by atoms with van der Waals surface area (Å²) in [6.45, 7) is 4.37. The summed E-state index contributed by atoms with van der Waals surface area (Å²) < 4.78 is 7.28. The summed E-state index contributed by atoms with van der Waals surface area (Å²) in [5.74, 6) is -0.680. The average molecular weight is 372 g/mol. The van der Waals surface area contributed by atoms with Crippen LogP contribution in [0.15, 0.2) is 46.4 Å². The molecule has 8 heteroatoms. The fourth-order valence-corrected chi connectivity index (χ4v) is 3.33. The van der Waals surface area contributed by atoms with Crippen LogP contribution in [-0.4, -0.2) is 28.1 Å². The Bertz CT molecular complexity index is 869. The quantitative estimate of drug-likeness (QED) is 0.649. The normalized spacial score (nSPS) is 11.9. The summed E-state index contributed by atoms with van der Waals surface area (Å²) in [5, 5.41) is 11.7. The molecule has 3 aromatic rings. The van der Waals surface area contributed by atoms with Crippen LogP contribution < -0.4 is 10.6 Å². The van der Waals surface area contributed by atoms with E-state index in [2.05, 4.69) is 15.7 Å². The molecule has 136 valence electrons. The summed E-state index contributed by atoms with van der Waals surface area (Å²) in [5.41, 5.74) is 1.82. The maximum absolute atomic E-state index is 12.1. The zero-order valence-electron chi connectivity index (χ0n) is 14.6. The van der Waals surface area contributed by atoms with Crippen LogP contribution in [0.3, 0.4) is 0 Å². The molecule has 0 saturated heterocycles. The van der Waals surface area contributed by atoms with Gasteiger partial charge in [-0.2, -0.15) is 5.10 Å². The van der Waals surface area contributed by atoms with Crippen LogP contribution in [0.4, 0.5) is 0 Å². The van der Waals surface area contributed by atoms with Crippen LogP contribution in [0.5, 0.6) is 0 Å². The third kappa shape index (κ3) is 4.20. The predicted octanol–water partition coefficient (Wildman–Crippen LogP) is 2.18. The highest BCUT2D eigenvalue weighted by molar-refractivity contribution is 7.09. The van der Waals surface area contributed by atoms with Crippen molar-refractivity contribution in [3.63, 3.8) is 0 Å².